The maximum absolute atomic E-state index is 8.68. The standard InChI is InChI=1S/C10H14ClNOS/c1-7(2)14-10-5-3-4-9(11)8(10)6-12-13/h3-5,7,12-13H,6H2,1-2H3. The SMILES string of the molecule is CC(C)Sc1cccc(Cl)c1CNO. The van der Waals surface area contributed by atoms with Crippen molar-refractivity contribution in [2.45, 2.75) is 30.5 Å². The average Bonchev–Trinajstić information content (AvgIpc) is 2.10. The molecule has 0 amide bonds. The molecule has 0 unspecified atom stereocenters. The summed E-state index contributed by atoms with van der Waals surface area (Å²) in [5.74, 6) is 0. The first kappa shape index (κ1) is 11.9. The molecule has 1 rings (SSSR count). The van der Waals surface area contributed by atoms with Gasteiger partial charge in [0.25, 0.3) is 0 Å². The molecular formula is C10H14ClNOS. The van der Waals surface area contributed by atoms with Crippen LogP contribution in [0, 0.1) is 0 Å². The normalized spacial score (nSPS) is 10.9. The Labute approximate surface area is 93.6 Å². The first-order valence-corrected chi connectivity index (χ1v) is 5.72. The number of rotatable bonds is 4. The van der Waals surface area contributed by atoms with Gasteiger partial charge in [-0.1, -0.05) is 31.5 Å². The molecule has 0 saturated heterocycles. The van der Waals surface area contributed by atoms with E-state index in [0.29, 0.717) is 16.8 Å². The number of hydroxylamine groups is 1. The highest BCUT2D eigenvalue weighted by Crippen LogP contribution is 2.30. The van der Waals surface area contributed by atoms with Crippen LogP contribution in [0.5, 0.6) is 0 Å². The van der Waals surface area contributed by atoms with Gasteiger partial charge in [0, 0.05) is 27.3 Å². The van der Waals surface area contributed by atoms with Crippen LogP contribution >= 0.6 is 23.4 Å². The Kier molecular flexibility index (Phi) is 4.75. The zero-order valence-corrected chi connectivity index (χ0v) is 9.82. The molecule has 0 aliphatic rings. The molecule has 78 valence electrons. The Morgan fingerprint density at radius 2 is 2.21 bits per heavy atom. The predicted molar refractivity (Wildman–Crippen MR) is 61.1 cm³/mol. The first-order valence-electron chi connectivity index (χ1n) is 4.46. The summed E-state index contributed by atoms with van der Waals surface area (Å²) < 4.78 is 0. The van der Waals surface area contributed by atoms with Gasteiger partial charge < -0.3 is 5.21 Å². The molecular weight excluding hydrogens is 218 g/mol. The van der Waals surface area contributed by atoms with Crippen LogP contribution in [0.1, 0.15) is 19.4 Å². The van der Waals surface area contributed by atoms with Crippen molar-refractivity contribution in [3.8, 4) is 0 Å². The topological polar surface area (TPSA) is 32.3 Å². The van der Waals surface area contributed by atoms with Crippen LogP contribution in [0.3, 0.4) is 0 Å². The van der Waals surface area contributed by atoms with Crippen LogP contribution in [0.15, 0.2) is 23.1 Å². The summed E-state index contributed by atoms with van der Waals surface area (Å²) in [6.07, 6.45) is 0. The lowest BCUT2D eigenvalue weighted by atomic mass is 10.2. The second kappa shape index (κ2) is 5.61. The van der Waals surface area contributed by atoms with Gasteiger partial charge in [0.1, 0.15) is 0 Å². The fourth-order valence-corrected chi connectivity index (χ4v) is 2.44. The third-order valence-electron chi connectivity index (χ3n) is 1.69. The molecule has 0 bridgehead atoms. The molecule has 4 heteroatoms. The fourth-order valence-electron chi connectivity index (χ4n) is 1.15. The second-order valence-electron chi connectivity index (χ2n) is 3.22. The quantitative estimate of drug-likeness (QED) is 0.616. The summed E-state index contributed by atoms with van der Waals surface area (Å²) in [6, 6.07) is 5.77. The number of thioether (sulfide) groups is 1. The summed E-state index contributed by atoms with van der Waals surface area (Å²) >= 11 is 7.77. The molecule has 0 aliphatic carbocycles. The molecule has 0 radical (unpaired) electrons. The molecule has 2 N–H and O–H groups in total. The van der Waals surface area contributed by atoms with Crippen molar-refractivity contribution >= 4 is 23.4 Å². The Hall–Kier alpha value is -0.220. The zero-order chi connectivity index (χ0) is 10.6. The zero-order valence-electron chi connectivity index (χ0n) is 8.25. The van der Waals surface area contributed by atoms with Gasteiger partial charge in [-0.25, -0.2) is 5.48 Å². The highest BCUT2D eigenvalue weighted by Gasteiger charge is 2.08. The summed E-state index contributed by atoms with van der Waals surface area (Å²) in [5, 5.41) is 9.88. The van der Waals surface area contributed by atoms with Crippen molar-refractivity contribution in [1.82, 2.24) is 5.48 Å². The van der Waals surface area contributed by atoms with E-state index in [9.17, 15) is 0 Å². The molecule has 1 aromatic rings. The lowest BCUT2D eigenvalue weighted by Gasteiger charge is -2.11. The number of halogens is 1. The summed E-state index contributed by atoms with van der Waals surface area (Å²) in [7, 11) is 0. The van der Waals surface area contributed by atoms with Gasteiger partial charge in [0.15, 0.2) is 0 Å². The third kappa shape index (κ3) is 3.17. The van der Waals surface area contributed by atoms with Crippen LogP contribution in [0.25, 0.3) is 0 Å². The molecule has 14 heavy (non-hydrogen) atoms. The maximum atomic E-state index is 8.68. The van der Waals surface area contributed by atoms with E-state index in [2.05, 4.69) is 19.3 Å². The van der Waals surface area contributed by atoms with E-state index < -0.39 is 0 Å². The van der Waals surface area contributed by atoms with Crippen molar-refractivity contribution in [3.63, 3.8) is 0 Å². The van der Waals surface area contributed by atoms with E-state index in [-0.39, 0.29) is 0 Å². The number of hydrogen-bond acceptors (Lipinski definition) is 3. The van der Waals surface area contributed by atoms with Crippen LogP contribution < -0.4 is 5.48 Å². The Morgan fingerprint density at radius 3 is 2.79 bits per heavy atom. The fraction of sp³-hybridized carbons (Fsp3) is 0.400. The van der Waals surface area contributed by atoms with E-state index in [0.717, 1.165) is 10.5 Å². The monoisotopic (exact) mass is 231 g/mol. The molecule has 0 saturated carbocycles. The van der Waals surface area contributed by atoms with E-state index in [1.807, 2.05) is 18.2 Å². The lowest BCUT2D eigenvalue weighted by Crippen LogP contribution is -2.08. The minimum atomic E-state index is 0.384. The second-order valence-corrected chi connectivity index (χ2v) is 5.24. The molecule has 0 spiro atoms. The van der Waals surface area contributed by atoms with Gasteiger partial charge >= 0.3 is 0 Å². The van der Waals surface area contributed by atoms with Crippen molar-refractivity contribution in [2.75, 3.05) is 0 Å². The highest BCUT2D eigenvalue weighted by molar-refractivity contribution is 8.00. The summed E-state index contributed by atoms with van der Waals surface area (Å²) in [5.41, 5.74) is 3.09. The first-order chi connectivity index (χ1) is 6.65. The van der Waals surface area contributed by atoms with Crippen LogP contribution in [0.2, 0.25) is 5.02 Å². The van der Waals surface area contributed by atoms with Crippen molar-refractivity contribution in [1.29, 1.82) is 0 Å². The maximum Gasteiger partial charge on any atom is 0.0483 e. The van der Waals surface area contributed by atoms with Crippen LogP contribution in [0.4, 0.5) is 0 Å². The predicted octanol–water partition coefficient (Wildman–Crippen LogP) is 3.32. The largest absolute Gasteiger partial charge is 0.316 e. The van der Waals surface area contributed by atoms with Gasteiger partial charge in [-0.05, 0) is 12.1 Å². The van der Waals surface area contributed by atoms with E-state index in [4.69, 9.17) is 16.8 Å². The number of nitrogens with one attached hydrogen (secondary N) is 1. The Balaban J connectivity index is 2.95. The Bertz CT molecular complexity index is 304. The molecule has 0 heterocycles. The lowest BCUT2D eigenvalue weighted by molar-refractivity contribution is 0.160. The molecule has 0 aromatic heterocycles. The average molecular weight is 232 g/mol. The van der Waals surface area contributed by atoms with E-state index in [1.165, 1.54) is 0 Å². The number of hydrogen-bond donors (Lipinski definition) is 2. The summed E-state index contributed by atoms with van der Waals surface area (Å²) in [4.78, 5) is 1.12. The van der Waals surface area contributed by atoms with Crippen LogP contribution in [-0.2, 0) is 6.54 Å². The van der Waals surface area contributed by atoms with Crippen molar-refractivity contribution in [2.24, 2.45) is 0 Å². The van der Waals surface area contributed by atoms with Gasteiger partial charge in [0.2, 0.25) is 0 Å². The minimum absolute atomic E-state index is 0.384. The van der Waals surface area contributed by atoms with Gasteiger partial charge in [0.05, 0.1) is 0 Å². The van der Waals surface area contributed by atoms with Gasteiger partial charge in [-0.2, -0.15) is 0 Å². The van der Waals surface area contributed by atoms with Gasteiger partial charge in [-0.3, -0.25) is 0 Å². The number of benzene rings is 1. The third-order valence-corrected chi connectivity index (χ3v) is 3.16. The highest BCUT2D eigenvalue weighted by atomic mass is 35.5. The molecule has 1 aromatic carbocycles. The summed E-state index contributed by atoms with van der Waals surface area (Å²) in [6.45, 7) is 4.64. The Morgan fingerprint density at radius 1 is 1.50 bits per heavy atom. The van der Waals surface area contributed by atoms with E-state index in [1.54, 1.807) is 11.8 Å². The smallest absolute Gasteiger partial charge is 0.0483 e. The van der Waals surface area contributed by atoms with Crippen molar-refractivity contribution < 1.29 is 5.21 Å². The van der Waals surface area contributed by atoms with E-state index >= 15 is 0 Å². The van der Waals surface area contributed by atoms with Gasteiger partial charge in [-0.15, -0.1) is 11.8 Å². The molecule has 0 aliphatic heterocycles. The van der Waals surface area contributed by atoms with Crippen molar-refractivity contribution in [3.05, 3.63) is 28.8 Å². The minimum Gasteiger partial charge on any atom is -0.316 e. The molecule has 0 atom stereocenters. The molecule has 0 fully saturated rings. The molecule has 2 nitrogen and oxygen atoms in total. The van der Waals surface area contributed by atoms with Crippen LogP contribution in [-0.4, -0.2) is 10.5 Å².